The van der Waals surface area contributed by atoms with Gasteiger partial charge in [-0.15, -0.1) is 0 Å². The zero-order valence-electron chi connectivity index (χ0n) is 7.13. The van der Waals surface area contributed by atoms with Crippen molar-refractivity contribution >= 4 is 5.78 Å². The van der Waals surface area contributed by atoms with E-state index < -0.39 is 0 Å². The smallest absolute Gasteiger partial charge is 0.139 e. The van der Waals surface area contributed by atoms with Gasteiger partial charge in [0, 0.05) is 18.4 Å². The molecule has 11 heavy (non-hydrogen) atoms. The van der Waals surface area contributed by atoms with E-state index >= 15 is 0 Å². The molecule has 0 spiro atoms. The normalized spacial score (nSPS) is 29.3. The second-order valence-corrected chi connectivity index (χ2v) is 2.94. The Hall–Kier alpha value is -0.630. The molecule has 0 bridgehead atoms. The summed E-state index contributed by atoms with van der Waals surface area (Å²) in [5, 5.41) is 3.13. The first-order valence-corrected chi connectivity index (χ1v) is 4.16. The van der Waals surface area contributed by atoms with E-state index in [0.29, 0.717) is 18.2 Å². The number of carbonyl (C=O) groups excluding carboxylic acids is 1. The Kier molecular flexibility index (Phi) is 2.83. The Morgan fingerprint density at radius 2 is 2.36 bits per heavy atom. The highest BCUT2D eigenvalue weighted by Gasteiger charge is 2.21. The van der Waals surface area contributed by atoms with E-state index in [-0.39, 0.29) is 5.92 Å². The fourth-order valence-corrected chi connectivity index (χ4v) is 1.41. The minimum Gasteiger partial charge on any atom is -0.314 e. The number of carbonyl (C=O) groups is 1. The average Bonchev–Trinajstić information content (AvgIpc) is 2.50. The van der Waals surface area contributed by atoms with Gasteiger partial charge in [-0.05, 0) is 13.5 Å². The number of Topliss-reactive ketones (excluding diaryl/α,β-unsaturated/α-hetero) is 1. The molecule has 0 saturated carbocycles. The molecule has 2 atom stereocenters. The summed E-state index contributed by atoms with van der Waals surface area (Å²) in [5.41, 5.74) is 0. The van der Waals surface area contributed by atoms with Gasteiger partial charge in [0.25, 0.3) is 0 Å². The number of ketones is 1. The number of hydrogen-bond donors (Lipinski definition) is 1. The minimum atomic E-state index is 0.178. The van der Waals surface area contributed by atoms with Crippen LogP contribution in [0.3, 0.4) is 0 Å². The largest absolute Gasteiger partial charge is 0.314 e. The number of rotatable bonds is 3. The van der Waals surface area contributed by atoms with Crippen LogP contribution in [0, 0.1) is 5.92 Å². The highest BCUT2D eigenvalue weighted by Crippen LogP contribution is 2.19. The van der Waals surface area contributed by atoms with Gasteiger partial charge in [0.15, 0.2) is 0 Å². The summed E-state index contributed by atoms with van der Waals surface area (Å²) in [5.74, 6) is 0.538. The molecule has 2 heteroatoms. The summed E-state index contributed by atoms with van der Waals surface area (Å²) >= 11 is 0. The van der Waals surface area contributed by atoms with Crippen LogP contribution < -0.4 is 5.32 Å². The van der Waals surface area contributed by atoms with Gasteiger partial charge in [-0.2, -0.15) is 0 Å². The molecule has 1 rings (SSSR count). The summed E-state index contributed by atoms with van der Waals surface area (Å²) in [7, 11) is 1.92. The molecule has 0 aromatic heterocycles. The van der Waals surface area contributed by atoms with Crippen molar-refractivity contribution in [2.75, 3.05) is 7.05 Å². The molecule has 1 aliphatic carbocycles. The first kappa shape index (κ1) is 8.47. The lowest BCUT2D eigenvalue weighted by molar-refractivity contribution is -0.121. The molecule has 0 radical (unpaired) electrons. The number of nitrogens with one attached hydrogen (secondary N) is 1. The maximum absolute atomic E-state index is 11.2. The van der Waals surface area contributed by atoms with Gasteiger partial charge in [0.1, 0.15) is 5.78 Å². The molecular formula is C9H15NO. The molecule has 0 fully saturated rings. The Labute approximate surface area is 67.7 Å². The van der Waals surface area contributed by atoms with Gasteiger partial charge in [0.05, 0.1) is 0 Å². The van der Waals surface area contributed by atoms with Crippen molar-refractivity contribution in [3.05, 3.63) is 12.2 Å². The van der Waals surface area contributed by atoms with Gasteiger partial charge < -0.3 is 5.32 Å². The van der Waals surface area contributed by atoms with Gasteiger partial charge in [-0.25, -0.2) is 0 Å². The third-order valence-corrected chi connectivity index (χ3v) is 2.22. The van der Waals surface area contributed by atoms with E-state index in [1.54, 1.807) is 0 Å². The molecule has 0 amide bonds. The van der Waals surface area contributed by atoms with E-state index in [0.717, 1.165) is 6.42 Å². The van der Waals surface area contributed by atoms with Crippen LogP contribution in [-0.4, -0.2) is 18.9 Å². The van der Waals surface area contributed by atoms with Crippen LogP contribution in [0.4, 0.5) is 0 Å². The number of hydrogen-bond acceptors (Lipinski definition) is 2. The highest BCUT2D eigenvalue weighted by atomic mass is 16.1. The zero-order valence-corrected chi connectivity index (χ0v) is 7.13. The first-order chi connectivity index (χ1) is 5.27. The van der Waals surface area contributed by atoms with E-state index in [1.807, 2.05) is 20.0 Å². The Bertz CT molecular complexity index is 174. The van der Waals surface area contributed by atoms with Crippen molar-refractivity contribution in [2.24, 2.45) is 5.92 Å². The predicted molar refractivity (Wildman–Crippen MR) is 45.4 cm³/mol. The van der Waals surface area contributed by atoms with Crippen LogP contribution in [0.2, 0.25) is 0 Å². The molecule has 1 aliphatic rings. The molecule has 0 aromatic rings. The maximum atomic E-state index is 11.2. The van der Waals surface area contributed by atoms with Gasteiger partial charge in [0.2, 0.25) is 0 Å². The lowest BCUT2D eigenvalue weighted by Crippen LogP contribution is -2.23. The number of likely N-dealkylation sites (N-methyl/N-ethyl adjacent to an activating group) is 1. The van der Waals surface area contributed by atoms with E-state index in [9.17, 15) is 4.79 Å². The zero-order chi connectivity index (χ0) is 8.27. The summed E-state index contributed by atoms with van der Waals surface area (Å²) in [6.45, 7) is 1.92. The lowest BCUT2D eigenvalue weighted by Gasteiger charge is -2.08. The van der Waals surface area contributed by atoms with Crippen molar-refractivity contribution in [1.82, 2.24) is 5.32 Å². The molecule has 62 valence electrons. The fraction of sp³-hybridized carbons (Fsp3) is 0.667. The van der Waals surface area contributed by atoms with Crippen LogP contribution in [0.1, 0.15) is 19.8 Å². The molecule has 0 saturated heterocycles. The molecule has 2 nitrogen and oxygen atoms in total. The fourth-order valence-electron chi connectivity index (χ4n) is 1.41. The summed E-state index contributed by atoms with van der Waals surface area (Å²) < 4.78 is 0. The van der Waals surface area contributed by atoms with E-state index in [1.165, 1.54) is 0 Å². The Morgan fingerprint density at radius 3 is 2.82 bits per heavy atom. The summed E-state index contributed by atoms with van der Waals surface area (Å²) in [4.78, 5) is 11.2. The second-order valence-electron chi connectivity index (χ2n) is 2.94. The van der Waals surface area contributed by atoms with Crippen molar-refractivity contribution in [1.29, 1.82) is 0 Å². The molecular weight excluding hydrogens is 138 g/mol. The average molecular weight is 153 g/mol. The van der Waals surface area contributed by atoms with E-state index in [2.05, 4.69) is 11.4 Å². The van der Waals surface area contributed by atoms with Crippen LogP contribution in [0.5, 0.6) is 0 Å². The lowest BCUT2D eigenvalue weighted by atomic mass is 10.0. The van der Waals surface area contributed by atoms with Crippen LogP contribution in [0.25, 0.3) is 0 Å². The van der Waals surface area contributed by atoms with Crippen molar-refractivity contribution in [3.8, 4) is 0 Å². The van der Waals surface area contributed by atoms with Gasteiger partial charge in [-0.1, -0.05) is 19.1 Å². The number of allylic oxidation sites excluding steroid dienone is 1. The predicted octanol–water partition coefficient (Wildman–Crippen LogP) is 1.13. The molecule has 1 N–H and O–H groups in total. The Balaban J connectivity index is 2.43. The third-order valence-electron chi connectivity index (χ3n) is 2.22. The summed E-state index contributed by atoms with van der Waals surface area (Å²) in [6.07, 6.45) is 5.71. The second kappa shape index (κ2) is 3.67. The topological polar surface area (TPSA) is 29.1 Å². The van der Waals surface area contributed by atoms with Crippen molar-refractivity contribution < 1.29 is 4.79 Å². The van der Waals surface area contributed by atoms with Crippen LogP contribution >= 0.6 is 0 Å². The SMILES string of the molecule is CCC(=O)C1C=CC(NC)C1. The quantitative estimate of drug-likeness (QED) is 0.616. The standard InChI is InChI=1S/C9H15NO/c1-3-9(11)7-4-5-8(6-7)10-2/h4-5,7-8,10H,3,6H2,1-2H3. The van der Waals surface area contributed by atoms with Crippen LogP contribution in [0.15, 0.2) is 12.2 Å². The minimum absolute atomic E-state index is 0.178. The maximum Gasteiger partial charge on any atom is 0.139 e. The molecule has 0 heterocycles. The monoisotopic (exact) mass is 153 g/mol. The first-order valence-electron chi connectivity index (χ1n) is 4.16. The van der Waals surface area contributed by atoms with E-state index in [4.69, 9.17) is 0 Å². The Morgan fingerprint density at radius 1 is 1.64 bits per heavy atom. The molecule has 0 aromatic carbocycles. The van der Waals surface area contributed by atoms with Crippen molar-refractivity contribution in [2.45, 2.75) is 25.8 Å². The molecule has 2 unspecified atom stereocenters. The third kappa shape index (κ3) is 1.90. The highest BCUT2D eigenvalue weighted by molar-refractivity contribution is 5.82. The van der Waals surface area contributed by atoms with Gasteiger partial charge in [-0.3, -0.25) is 4.79 Å². The summed E-state index contributed by atoms with van der Waals surface area (Å²) in [6, 6.07) is 0.412. The van der Waals surface area contributed by atoms with Crippen molar-refractivity contribution in [3.63, 3.8) is 0 Å². The van der Waals surface area contributed by atoms with Crippen LogP contribution in [-0.2, 0) is 4.79 Å². The molecule has 0 aliphatic heterocycles. The van der Waals surface area contributed by atoms with Gasteiger partial charge >= 0.3 is 0 Å².